The maximum Gasteiger partial charge on any atom is 0.416 e. The number of halogens is 3. The first-order valence-electron chi connectivity index (χ1n) is 9.01. The van der Waals surface area contributed by atoms with Gasteiger partial charge in [0.05, 0.1) is 21.6 Å². The Morgan fingerprint density at radius 3 is 2.00 bits per heavy atom. The van der Waals surface area contributed by atoms with Crippen LogP contribution in [0.3, 0.4) is 0 Å². The molecule has 0 unspecified atom stereocenters. The number of benzene rings is 3. The summed E-state index contributed by atoms with van der Waals surface area (Å²) >= 11 is 0. The molecule has 0 radical (unpaired) electrons. The van der Waals surface area contributed by atoms with Crippen molar-refractivity contribution in [3.8, 4) is 0 Å². The number of hydrogen-bond acceptors (Lipinski definition) is 4. The summed E-state index contributed by atoms with van der Waals surface area (Å²) in [7, 11) is -8.23. The molecule has 168 valence electrons. The van der Waals surface area contributed by atoms with Crippen molar-refractivity contribution in [1.29, 1.82) is 0 Å². The first-order chi connectivity index (χ1) is 14.9. The molecule has 0 bridgehead atoms. The topological polar surface area (TPSA) is 92.3 Å². The molecule has 0 spiro atoms. The summed E-state index contributed by atoms with van der Waals surface area (Å²) in [4.78, 5) is -0.331. The van der Waals surface area contributed by atoms with Gasteiger partial charge in [0, 0.05) is 5.69 Å². The fourth-order valence-electron chi connectivity index (χ4n) is 2.63. The largest absolute Gasteiger partial charge is 0.416 e. The van der Waals surface area contributed by atoms with Gasteiger partial charge in [-0.15, -0.1) is 0 Å². The van der Waals surface area contributed by atoms with Gasteiger partial charge in [0.25, 0.3) is 20.0 Å². The summed E-state index contributed by atoms with van der Waals surface area (Å²) in [5.74, 6) is 0. The minimum Gasteiger partial charge on any atom is -0.280 e. The Balaban J connectivity index is 1.80. The van der Waals surface area contributed by atoms with Crippen LogP contribution in [0, 0.1) is 0 Å². The first-order valence-corrected chi connectivity index (χ1v) is 12.0. The van der Waals surface area contributed by atoms with Crippen LogP contribution in [0.2, 0.25) is 0 Å². The van der Waals surface area contributed by atoms with Crippen molar-refractivity contribution in [2.75, 3.05) is 9.44 Å². The lowest BCUT2D eigenvalue weighted by Gasteiger charge is -2.12. The normalized spacial score (nSPS) is 12.6. The van der Waals surface area contributed by atoms with E-state index in [0.717, 1.165) is 23.6 Å². The van der Waals surface area contributed by atoms with E-state index in [2.05, 4.69) is 9.44 Å². The highest BCUT2D eigenvalue weighted by Crippen LogP contribution is 2.31. The fraction of sp³-hybridized carbons (Fsp3) is 0.0476. The minimum atomic E-state index is -4.63. The molecule has 0 aliphatic carbocycles. The van der Waals surface area contributed by atoms with E-state index in [9.17, 15) is 30.0 Å². The van der Waals surface area contributed by atoms with Crippen LogP contribution in [0.1, 0.15) is 11.1 Å². The molecule has 0 atom stereocenters. The highest BCUT2D eigenvalue weighted by Gasteiger charge is 2.30. The summed E-state index contributed by atoms with van der Waals surface area (Å²) in [5.41, 5.74) is -0.671. The smallest absolute Gasteiger partial charge is 0.280 e. The Hall–Kier alpha value is -3.31. The maximum atomic E-state index is 12.9. The Kier molecular flexibility index (Phi) is 6.60. The number of anilines is 2. The van der Waals surface area contributed by atoms with Crippen molar-refractivity contribution in [1.82, 2.24) is 0 Å². The molecule has 0 saturated carbocycles. The van der Waals surface area contributed by atoms with Gasteiger partial charge in [0.2, 0.25) is 0 Å². The van der Waals surface area contributed by atoms with Crippen molar-refractivity contribution in [2.45, 2.75) is 11.1 Å². The molecule has 0 fully saturated rings. The van der Waals surface area contributed by atoms with Crippen molar-refractivity contribution in [2.24, 2.45) is 0 Å². The van der Waals surface area contributed by atoms with Gasteiger partial charge in [-0.2, -0.15) is 13.2 Å². The lowest BCUT2D eigenvalue weighted by atomic mass is 10.2. The predicted molar refractivity (Wildman–Crippen MR) is 117 cm³/mol. The minimum absolute atomic E-state index is 0.0328. The highest BCUT2D eigenvalue weighted by molar-refractivity contribution is 7.95. The van der Waals surface area contributed by atoms with Gasteiger partial charge in [-0.3, -0.25) is 9.44 Å². The number of rotatable bonds is 7. The second-order valence-corrected chi connectivity index (χ2v) is 9.82. The summed E-state index contributed by atoms with van der Waals surface area (Å²) in [5, 5.41) is 0.935. The first kappa shape index (κ1) is 23.4. The Bertz CT molecular complexity index is 1340. The molecule has 0 amide bonds. The quantitative estimate of drug-likeness (QED) is 0.500. The zero-order chi connectivity index (χ0) is 23.4. The molecule has 2 N–H and O–H groups in total. The summed E-state index contributed by atoms with van der Waals surface area (Å²) in [6.07, 6.45) is -3.26. The van der Waals surface area contributed by atoms with Crippen LogP contribution in [0.15, 0.2) is 89.2 Å². The van der Waals surface area contributed by atoms with Gasteiger partial charge in [0.15, 0.2) is 0 Å². The summed E-state index contributed by atoms with van der Waals surface area (Å²) in [6.45, 7) is 0. The summed E-state index contributed by atoms with van der Waals surface area (Å²) in [6, 6.07) is 17.3. The molecule has 0 aliphatic rings. The van der Waals surface area contributed by atoms with E-state index >= 15 is 0 Å². The van der Waals surface area contributed by atoms with Gasteiger partial charge in [-0.25, -0.2) is 16.8 Å². The van der Waals surface area contributed by atoms with Crippen LogP contribution in [0.25, 0.3) is 6.08 Å². The third kappa shape index (κ3) is 6.34. The molecule has 0 saturated heterocycles. The molecule has 0 aliphatic heterocycles. The van der Waals surface area contributed by atoms with Crippen LogP contribution in [-0.2, 0) is 26.2 Å². The van der Waals surface area contributed by atoms with Crippen LogP contribution >= 0.6 is 0 Å². The van der Waals surface area contributed by atoms with Crippen LogP contribution in [0.4, 0.5) is 24.5 Å². The zero-order valence-electron chi connectivity index (χ0n) is 16.2. The lowest BCUT2D eigenvalue weighted by molar-refractivity contribution is -0.137. The van der Waals surface area contributed by atoms with E-state index in [-0.39, 0.29) is 16.3 Å². The van der Waals surface area contributed by atoms with E-state index in [1.807, 2.05) is 0 Å². The van der Waals surface area contributed by atoms with Crippen molar-refractivity contribution in [3.63, 3.8) is 0 Å². The van der Waals surface area contributed by atoms with E-state index in [1.165, 1.54) is 30.3 Å². The van der Waals surface area contributed by atoms with Gasteiger partial charge >= 0.3 is 6.18 Å². The van der Waals surface area contributed by atoms with Crippen LogP contribution in [-0.4, -0.2) is 16.8 Å². The molecule has 11 heteroatoms. The lowest BCUT2D eigenvalue weighted by Crippen LogP contribution is -2.15. The molecule has 6 nitrogen and oxygen atoms in total. The van der Waals surface area contributed by atoms with Crippen LogP contribution in [0.5, 0.6) is 0 Å². The third-order valence-electron chi connectivity index (χ3n) is 4.09. The average molecular weight is 483 g/mol. The third-order valence-corrected chi connectivity index (χ3v) is 6.48. The number of nitrogens with one attached hydrogen (secondary N) is 2. The van der Waals surface area contributed by atoms with E-state index in [4.69, 9.17) is 0 Å². The molecule has 3 aromatic carbocycles. The molecule has 32 heavy (non-hydrogen) atoms. The second kappa shape index (κ2) is 9.05. The SMILES string of the molecule is O=S(=O)(C=Cc1ccccc1)Nc1cccc(S(=O)(=O)Nc2cccc(C(F)(F)F)c2)c1. The average Bonchev–Trinajstić information content (AvgIpc) is 2.72. The highest BCUT2D eigenvalue weighted by atomic mass is 32.2. The fourth-order valence-corrected chi connectivity index (χ4v) is 4.59. The number of alkyl halides is 3. The van der Waals surface area contributed by atoms with Crippen molar-refractivity contribution >= 4 is 37.5 Å². The zero-order valence-corrected chi connectivity index (χ0v) is 17.9. The van der Waals surface area contributed by atoms with Crippen molar-refractivity contribution < 1.29 is 30.0 Å². The second-order valence-electron chi connectivity index (χ2n) is 6.57. The number of sulfonamides is 2. The Morgan fingerprint density at radius 2 is 1.34 bits per heavy atom. The molecule has 3 rings (SSSR count). The molecule has 0 heterocycles. The summed E-state index contributed by atoms with van der Waals surface area (Å²) < 4.78 is 92.7. The molecular formula is C21H17F3N2O4S2. The van der Waals surface area contributed by atoms with Gasteiger partial charge in [-0.1, -0.05) is 42.5 Å². The van der Waals surface area contributed by atoms with Gasteiger partial charge < -0.3 is 0 Å². The predicted octanol–water partition coefficient (Wildman–Crippen LogP) is 4.92. The maximum absolute atomic E-state index is 12.9. The Morgan fingerprint density at radius 1 is 0.719 bits per heavy atom. The van der Waals surface area contributed by atoms with E-state index < -0.39 is 31.8 Å². The van der Waals surface area contributed by atoms with Gasteiger partial charge in [-0.05, 0) is 48.0 Å². The van der Waals surface area contributed by atoms with Gasteiger partial charge in [0.1, 0.15) is 0 Å². The number of hydrogen-bond donors (Lipinski definition) is 2. The molecule has 0 aromatic heterocycles. The Labute approximate surface area is 183 Å². The molecule has 3 aromatic rings. The van der Waals surface area contributed by atoms with E-state index in [0.29, 0.717) is 11.6 Å². The molecular weight excluding hydrogens is 465 g/mol. The standard InChI is InChI=1S/C21H17F3N2O4S2/c22-21(23,24)17-8-4-9-18(14-17)26-32(29,30)20-11-5-10-19(15-20)25-31(27,28)13-12-16-6-2-1-3-7-16/h1-15,25-26H. The van der Waals surface area contributed by atoms with Crippen LogP contribution < -0.4 is 9.44 Å². The van der Waals surface area contributed by atoms with Crippen molar-refractivity contribution in [3.05, 3.63) is 95.4 Å². The van der Waals surface area contributed by atoms with E-state index in [1.54, 1.807) is 30.3 Å². The monoisotopic (exact) mass is 482 g/mol.